The fraction of sp³-hybridized carbons (Fsp3) is 0.357. The van der Waals surface area contributed by atoms with Crippen molar-refractivity contribution >= 4 is 5.78 Å². The van der Waals surface area contributed by atoms with Gasteiger partial charge in [0.25, 0.3) is 0 Å². The van der Waals surface area contributed by atoms with Crippen LogP contribution < -0.4 is 0 Å². The summed E-state index contributed by atoms with van der Waals surface area (Å²) in [4.78, 5) is 11.9. The van der Waals surface area contributed by atoms with Gasteiger partial charge in [-0.2, -0.15) is 0 Å². The highest BCUT2D eigenvalue weighted by Crippen LogP contribution is 2.04. The number of unbranched alkanes of at least 4 members (excludes halogenated alkanes) is 1. The largest absolute Gasteiger partial charge is 0.292 e. The molecule has 0 saturated heterocycles. The monoisotopic (exact) mass is 243 g/mol. The minimum absolute atomic E-state index is 0.0579. The first kappa shape index (κ1) is 12.5. The van der Waals surface area contributed by atoms with Crippen LogP contribution in [-0.2, 0) is 13.0 Å². The second kappa shape index (κ2) is 6.10. The fourth-order valence-electron chi connectivity index (χ4n) is 1.75. The molecule has 4 nitrogen and oxygen atoms in total. The topological polar surface area (TPSA) is 47.8 Å². The number of Topliss-reactive ketones (excluding diaryl/α,β-unsaturated/α-hetero) is 1. The molecule has 4 heteroatoms. The van der Waals surface area contributed by atoms with E-state index in [1.165, 1.54) is 0 Å². The predicted molar refractivity (Wildman–Crippen MR) is 69.4 cm³/mol. The normalized spacial score (nSPS) is 10.5. The molecule has 1 heterocycles. The maximum Gasteiger partial charge on any atom is 0.184 e. The molecule has 0 N–H and O–H groups in total. The molecule has 0 fully saturated rings. The maximum absolute atomic E-state index is 11.9. The first-order valence-electron chi connectivity index (χ1n) is 6.27. The Kier molecular flexibility index (Phi) is 4.23. The maximum atomic E-state index is 11.9. The van der Waals surface area contributed by atoms with Gasteiger partial charge in [-0.05, 0) is 12.8 Å². The highest BCUT2D eigenvalue weighted by atomic mass is 16.1. The van der Waals surface area contributed by atoms with Crippen LogP contribution in [0.1, 0.15) is 35.8 Å². The van der Waals surface area contributed by atoms with Crippen LogP contribution in [0.4, 0.5) is 0 Å². The molecule has 0 unspecified atom stereocenters. The molecule has 94 valence electrons. The van der Waals surface area contributed by atoms with E-state index in [1.54, 1.807) is 4.68 Å². The molecular weight excluding hydrogens is 226 g/mol. The number of ketones is 1. The highest BCUT2D eigenvalue weighted by Gasteiger charge is 2.07. The molecule has 0 atom stereocenters. The van der Waals surface area contributed by atoms with E-state index >= 15 is 0 Å². The Morgan fingerprint density at radius 1 is 1.28 bits per heavy atom. The molecular formula is C14H17N3O. The zero-order chi connectivity index (χ0) is 12.8. The van der Waals surface area contributed by atoms with Crippen molar-refractivity contribution in [3.8, 4) is 0 Å². The lowest BCUT2D eigenvalue weighted by atomic mass is 10.1. The van der Waals surface area contributed by atoms with Crippen LogP contribution in [0.15, 0.2) is 36.5 Å². The number of aromatic nitrogens is 3. The minimum Gasteiger partial charge on any atom is -0.292 e. The van der Waals surface area contributed by atoms with Crippen LogP contribution in [0.25, 0.3) is 0 Å². The Balaban J connectivity index is 1.97. The van der Waals surface area contributed by atoms with Gasteiger partial charge in [0.1, 0.15) is 6.54 Å². The fourth-order valence-corrected chi connectivity index (χ4v) is 1.75. The highest BCUT2D eigenvalue weighted by molar-refractivity contribution is 5.95. The van der Waals surface area contributed by atoms with Gasteiger partial charge in [0.15, 0.2) is 5.78 Å². The van der Waals surface area contributed by atoms with E-state index in [0.29, 0.717) is 5.56 Å². The van der Waals surface area contributed by atoms with Crippen molar-refractivity contribution in [2.45, 2.75) is 32.7 Å². The van der Waals surface area contributed by atoms with Gasteiger partial charge >= 0.3 is 0 Å². The summed E-state index contributed by atoms with van der Waals surface area (Å²) >= 11 is 0. The number of hydrogen-bond donors (Lipinski definition) is 0. The van der Waals surface area contributed by atoms with Gasteiger partial charge in [0.2, 0.25) is 0 Å². The molecule has 1 aromatic carbocycles. The van der Waals surface area contributed by atoms with Crippen molar-refractivity contribution in [2.75, 3.05) is 0 Å². The predicted octanol–water partition coefficient (Wildman–Crippen LogP) is 2.50. The van der Waals surface area contributed by atoms with E-state index in [1.807, 2.05) is 36.5 Å². The lowest BCUT2D eigenvalue weighted by Gasteiger charge is -1.99. The number of rotatable bonds is 6. The molecule has 0 bridgehead atoms. The zero-order valence-electron chi connectivity index (χ0n) is 10.5. The number of hydrogen-bond acceptors (Lipinski definition) is 3. The van der Waals surface area contributed by atoms with Crippen molar-refractivity contribution in [1.29, 1.82) is 0 Å². The van der Waals surface area contributed by atoms with Crippen LogP contribution in [0.5, 0.6) is 0 Å². The molecule has 1 aromatic heterocycles. The average Bonchev–Trinajstić information content (AvgIpc) is 2.85. The van der Waals surface area contributed by atoms with Crippen molar-refractivity contribution < 1.29 is 4.79 Å². The summed E-state index contributed by atoms with van der Waals surface area (Å²) in [5.74, 6) is 0.0579. The van der Waals surface area contributed by atoms with Crippen LogP contribution in [0, 0.1) is 0 Å². The third-order valence-corrected chi connectivity index (χ3v) is 2.77. The molecule has 18 heavy (non-hydrogen) atoms. The summed E-state index contributed by atoms with van der Waals surface area (Å²) < 4.78 is 1.61. The average molecular weight is 243 g/mol. The third-order valence-electron chi connectivity index (χ3n) is 2.77. The van der Waals surface area contributed by atoms with Crippen molar-refractivity contribution in [1.82, 2.24) is 15.0 Å². The Morgan fingerprint density at radius 3 is 2.78 bits per heavy atom. The molecule has 0 saturated carbocycles. The molecule has 0 aliphatic carbocycles. The van der Waals surface area contributed by atoms with Gasteiger partial charge < -0.3 is 0 Å². The van der Waals surface area contributed by atoms with Crippen LogP contribution in [0.3, 0.4) is 0 Å². The zero-order valence-corrected chi connectivity index (χ0v) is 10.5. The molecule has 0 amide bonds. The third kappa shape index (κ3) is 3.26. The van der Waals surface area contributed by atoms with Crippen LogP contribution in [-0.4, -0.2) is 20.8 Å². The summed E-state index contributed by atoms with van der Waals surface area (Å²) in [6.45, 7) is 2.40. The lowest BCUT2D eigenvalue weighted by molar-refractivity contribution is 0.0967. The van der Waals surface area contributed by atoms with E-state index in [0.717, 1.165) is 25.0 Å². The van der Waals surface area contributed by atoms with Crippen LogP contribution >= 0.6 is 0 Å². The first-order chi connectivity index (χ1) is 8.79. The van der Waals surface area contributed by atoms with Gasteiger partial charge in [-0.15, -0.1) is 5.10 Å². The molecule has 0 radical (unpaired) electrons. The smallest absolute Gasteiger partial charge is 0.184 e. The van der Waals surface area contributed by atoms with E-state index in [2.05, 4.69) is 17.2 Å². The summed E-state index contributed by atoms with van der Waals surface area (Å²) in [6.07, 6.45) is 5.02. The summed E-state index contributed by atoms with van der Waals surface area (Å²) in [5.41, 5.74) is 1.67. The summed E-state index contributed by atoms with van der Waals surface area (Å²) in [5, 5.41) is 8.04. The van der Waals surface area contributed by atoms with Gasteiger partial charge in [0, 0.05) is 11.8 Å². The van der Waals surface area contributed by atoms with Crippen molar-refractivity contribution in [2.24, 2.45) is 0 Å². The van der Waals surface area contributed by atoms with Crippen LogP contribution in [0.2, 0.25) is 0 Å². The minimum atomic E-state index is 0.0579. The van der Waals surface area contributed by atoms with E-state index in [-0.39, 0.29) is 12.3 Å². The van der Waals surface area contributed by atoms with Gasteiger partial charge in [-0.1, -0.05) is 48.9 Å². The lowest BCUT2D eigenvalue weighted by Crippen LogP contribution is -2.10. The first-order valence-corrected chi connectivity index (χ1v) is 6.27. The molecule has 2 aromatic rings. The van der Waals surface area contributed by atoms with Gasteiger partial charge in [-0.25, -0.2) is 4.68 Å². The number of carbonyl (C=O) groups is 1. The van der Waals surface area contributed by atoms with Crippen molar-refractivity contribution in [3.63, 3.8) is 0 Å². The number of nitrogens with zero attached hydrogens (tertiary/aromatic N) is 3. The second-order valence-electron chi connectivity index (χ2n) is 4.30. The Morgan fingerprint density at radius 2 is 2.06 bits per heavy atom. The number of benzene rings is 1. The van der Waals surface area contributed by atoms with Gasteiger partial charge in [-0.3, -0.25) is 4.79 Å². The number of aryl methyl sites for hydroxylation is 1. The Labute approximate surface area is 107 Å². The molecule has 2 rings (SSSR count). The Bertz CT molecular complexity index is 505. The van der Waals surface area contributed by atoms with E-state index in [4.69, 9.17) is 0 Å². The van der Waals surface area contributed by atoms with E-state index < -0.39 is 0 Å². The van der Waals surface area contributed by atoms with Crippen molar-refractivity contribution in [3.05, 3.63) is 47.8 Å². The Hall–Kier alpha value is -1.97. The molecule has 0 aliphatic heterocycles. The van der Waals surface area contributed by atoms with Gasteiger partial charge in [0.05, 0.1) is 5.69 Å². The second-order valence-corrected chi connectivity index (χ2v) is 4.30. The molecule has 0 aliphatic rings. The summed E-state index contributed by atoms with van der Waals surface area (Å²) in [7, 11) is 0. The SMILES string of the molecule is CCCCc1cn(CC(=O)c2ccccc2)nn1. The quantitative estimate of drug-likeness (QED) is 0.732. The summed E-state index contributed by atoms with van der Waals surface area (Å²) in [6, 6.07) is 9.26. The van der Waals surface area contributed by atoms with E-state index in [9.17, 15) is 4.79 Å². The molecule has 0 spiro atoms. The standard InChI is InChI=1S/C14H17N3O/c1-2-3-9-13-10-17(16-15-13)11-14(18)12-7-5-4-6-8-12/h4-8,10H,2-3,9,11H2,1H3. The number of carbonyl (C=O) groups excluding carboxylic acids is 1.